The van der Waals surface area contributed by atoms with Gasteiger partial charge >= 0.3 is 0 Å². The van der Waals surface area contributed by atoms with Crippen molar-refractivity contribution in [2.75, 3.05) is 39.3 Å². The fraction of sp³-hybridized carbons (Fsp3) is 1.00. The van der Waals surface area contributed by atoms with Crippen molar-refractivity contribution < 1.29 is 0 Å². The summed E-state index contributed by atoms with van der Waals surface area (Å²) in [5.74, 6) is 0. The first-order chi connectivity index (χ1) is 9.32. The molecule has 0 aromatic carbocycles. The molecule has 0 N–H and O–H groups in total. The van der Waals surface area contributed by atoms with Crippen LogP contribution < -0.4 is 0 Å². The van der Waals surface area contributed by atoms with Gasteiger partial charge in [0.05, 0.1) is 0 Å². The summed E-state index contributed by atoms with van der Waals surface area (Å²) in [4.78, 5) is 7.95. The Labute approximate surface area is 133 Å². The highest BCUT2D eigenvalue weighted by atomic mass is 15.3. The molecule has 126 valence electrons. The number of hydrogen-bond donors (Lipinski definition) is 0. The van der Waals surface area contributed by atoms with Gasteiger partial charge in [0.1, 0.15) is 0 Å². The third kappa shape index (κ3) is 5.88. The molecule has 0 saturated carbocycles. The van der Waals surface area contributed by atoms with E-state index in [0.717, 1.165) is 0 Å². The molecule has 21 heavy (non-hydrogen) atoms. The fourth-order valence-corrected chi connectivity index (χ4v) is 3.07. The van der Waals surface area contributed by atoms with E-state index in [1.54, 1.807) is 0 Å². The van der Waals surface area contributed by atoms with Crippen molar-refractivity contribution in [3.05, 3.63) is 0 Å². The maximum absolute atomic E-state index is 2.65. The second-order valence-corrected chi connectivity index (χ2v) is 9.47. The first kappa shape index (κ1) is 18.9. The molecule has 1 aliphatic heterocycles. The maximum atomic E-state index is 2.65. The van der Waals surface area contributed by atoms with Gasteiger partial charge in [-0.1, -0.05) is 0 Å². The van der Waals surface area contributed by atoms with Crippen LogP contribution in [-0.2, 0) is 0 Å². The third-order valence-electron chi connectivity index (χ3n) is 4.77. The molecule has 0 aliphatic carbocycles. The Kier molecular flexibility index (Phi) is 5.91. The Morgan fingerprint density at radius 1 is 0.381 bits per heavy atom. The van der Waals surface area contributed by atoms with Crippen molar-refractivity contribution in [1.82, 2.24) is 14.7 Å². The van der Waals surface area contributed by atoms with Gasteiger partial charge in [0.15, 0.2) is 0 Å². The zero-order valence-electron chi connectivity index (χ0n) is 16.1. The molecule has 1 fully saturated rings. The van der Waals surface area contributed by atoms with Gasteiger partial charge in [0.25, 0.3) is 0 Å². The lowest BCUT2D eigenvalue weighted by molar-refractivity contribution is 0.0891. The standard InChI is InChI=1S/C18H39N3/c1-16(2,3)19-10-12-20(17(4,5)6)14-15-21(13-11-19)18(7,8)9/h10-15H2,1-9H3. The minimum Gasteiger partial charge on any atom is -0.296 e. The van der Waals surface area contributed by atoms with Crippen LogP contribution in [0.25, 0.3) is 0 Å². The normalized spacial score (nSPS) is 22.7. The van der Waals surface area contributed by atoms with Crippen LogP contribution in [0.2, 0.25) is 0 Å². The van der Waals surface area contributed by atoms with Crippen LogP contribution in [0, 0.1) is 0 Å². The summed E-state index contributed by atoms with van der Waals surface area (Å²) in [5, 5.41) is 0. The molecule has 0 unspecified atom stereocenters. The Hall–Kier alpha value is -0.120. The number of nitrogens with zero attached hydrogens (tertiary/aromatic N) is 3. The van der Waals surface area contributed by atoms with E-state index in [1.165, 1.54) is 39.3 Å². The Bertz CT molecular complexity index is 253. The summed E-state index contributed by atoms with van der Waals surface area (Å²) < 4.78 is 0. The van der Waals surface area contributed by atoms with Gasteiger partial charge in [0.2, 0.25) is 0 Å². The van der Waals surface area contributed by atoms with Crippen LogP contribution >= 0.6 is 0 Å². The molecule has 1 heterocycles. The Morgan fingerprint density at radius 2 is 0.524 bits per heavy atom. The van der Waals surface area contributed by atoms with E-state index in [9.17, 15) is 0 Å². The van der Waals surface area contributed by atoms with Gasteiger partial charge < -0.3 is 0 Å². The van der Waals surface area contributed by atoms with Gasteiger partial charge in [-0.05, 0) is 62.3 Å². The van der Waals surface area contributed by atoms with Crippen molar-refractivity contribution in [2.45, 2.75) is 78.9 Å². The van der Waals surface area contributed by atoms with Crippen LogP contribution in [0.15, 0.2) is 0 Å². The molecule has 0 amide bonds. The lowest BCUT2D eigenvalue weighted by Gasteiger charge is -2.39. The van der Waals surface area contributed by atoms with Gasteiger partial charge in [0, 0.05) is 55.9 Å². The molecular formula is C18H39N3. The van der Waals surface area contributed by atoms with Crippen molar-refractivity contribution >= 4 is 0 Å². The highest BCUT2D eigenvalue weighted by Gasteiger charge is 2.30. The topological polar surface area (TPSA) is 9.72 Å². The average Bonchev–Trinajstić information content (AvgIpc) is 2.34. The van der Waals surface area contributed by atoms with Gasteiger partial charge in [-0.3, -0.25) is 14.7 Å². The van der Waals surface area contributed by atoms with E-state index in [2.05, 4.69) is 77.0 Å². The molecule has 0 radical (unpaired) electrons. The van der Waals surface area contributed by atoms with Crippen LogP contribution in [0.1, 0.15) is 62.3 Å². The van der Waals surface area contributed by atoms with E-state index < -0.39 is 0 Å². The first-order valence-electron chi connectivity index (χ1n) is 8.57. The van der Waals surface area contributed by atoms with E-state index >= 15 is 0 Å². The molecule has 0 aromatic heterocycles. The lowest BCUT2D eigenvalue weighted by atomic mass is 10.0. The van der Waals surface area contributed by atoms with Gasteiger partial charge in [-0.25, -0.2) is 0 Å². The molecule has 1 saturated heterocycles. The first-order valence-corrected chi connectivity index (χ1v) is 8.57. The molecule has 3 heteroatoms. The quantitative estimate of drug-likeness (QED) is 0.679. The molecular weight excluding hydrogens is 258 g/mol. The molecule has 3 nitrogen and oxygen atoms in total. The van der Waals surface area contributed by atoms with Crippen LogP contribution in [0.3, 0.4) is 0 Å². The maximum Gasteiger partial charge on any atom is 0.0126 e. The molecule has 0 atom stereocenters. The predicted molar refractivity (Wildman–Crippen MR) is 94.0 cm³/mol. The van der Waals surface area contributed by atoms with Crippen molar-refractivity contribution in [3.8, 4) is 0 Å². The average molecular weight is 298 g/mol. The minimum absolute atomic E-state index is 0.247. The summed E-state index contributed by atoms with van der Waals surface area (Å²) in [7, 11) is 0. The zero-order valence-corrected chi connectivity index (χ0v) is 16.1. The van der Waals surface area contributed by atoms with Crippen molar-refractivity contribution in [3.63, 3.8) is 0 Å². The van der Waals surface area contributed by atoms with E-state index in [1.807, 2.05) is 0 Å². The summed E-state index contributed by atoms with van der Waals surface area (Å²) in [6.45, 7) is 28.1. The monoisotopic (exact) mass is 297 g/mol. The second kappa shape index (κ2) is 6.55. The van der Waals surface area contributed by atoms with Gasteiger partial charge in [-0.15, -0.1) is 0 Å². The van der Waals surface area contributed by atoms with E-state index in [4.69, 9.17) is 0 Å². The highest BCUT2D eigenvalue weighted by molar-refractivity contribution is 4.87. The second-order valence-electron chi connectivity index (χ2n) is 9.47. The molecule has 0 bridgehead atoms. The van der Waals surface area contributed by atoms with Crippen LogP contribution in [0.5, 0.6) is 0 Å². The fourth-order valence-electron chi connectivity index (χ4n) is 3.07. The van der Waals surface area contributed by atoms with Gasteiger partial charge in [-0.2, -0.15) is 0 Å². The summed E-state index contributed by atoms with van der Waals surface area (Å²) >= 11 is 0. The summed E-state index contributed by atoms with van der Waals surface area (Å²) in [6.07, 6.45) is 0. The molecule has 0 spiro atoms. The Morgan fingerprint density at radius 3 is 0.619 bits per heavy atom. The molecule has 1 aliphatic rings. The van der Waals surface area contributed by atoms with Crippen molar-refractivity contribution in [2.24, 2.45) is 0 Å². The van der Waals surface area contributed by atoms with E-state index in [0.29, 0.717) is 0 Å². The van der Waals surface area contributed by atoms with Crippen LogP contribution in [0.4, 0.5) is 0 Å². The predicted octanol–water partition coefficient (Wildman–Crippen LogP) is 3.30. The minimum atomic E-state index is 0.247. The Balaban J connectivity index is 2.93. The third-order valence-corrected chi connectivity index (χ3v) is 4.77. The largest absolute Gasteiger partial charge is 0.296 e. The lowest BCUT2D eigenvalue weighted by Crippen LogP contribution is -2.50. The van der Waals surface area contributed by atoms with E-state index in [-0.39, 0.29) is 16.6 Å². The zero-order chi connectivity index (χ0) is 16.5. The summed E-state index contributed by atoms with van der Waals surface area (Å²) in [5.41, 5.74) is 0.742. The SMILES string of the molecule is CC(C)(C)N1CCN(C(C)(C)C)CCN(C(C)(C)C)CC1. The number of hydrogen-bond acceptors (Lipinski definition) is 3. The number of rotatable bonds is 0. The van der Waals surface area contributed by atoms with Crippen LogP contribution in [-0.4, -0.2) is 70.6 Å². The smallest absolute Gasteiger partial charge is 0.0126 e. The van der Waals surface area contributed by atoms with Crippen molar-refractivity contribution in [1.29, 1.82) is 0 Å². The molecule has 0 aromatic rings. The molecule has 1 rings (SSSR count). The summed E-state index contributed by atoms with van der Waals surface area (Å²) in [6, 6.07) is 0. The highest BCUT2D eigenvalue weighted by Crippen LogP contribution is 2.21.